The number of nitrogens with two attached hydrogens (primary N) is 1. The van der Waals surface area contributed by atoms with Crippen molar-refractivity contribution in [2.45, 2.75) is 11.3 Å². The summed E-state index contributed by atoms with van der Waals surface area (Å²) in [6, 6.07) is 17.7. The lowest BCUT2D eigenvalue weighted by Gasteiger charge is -2.20. The average Bonchev–Trinajstić information content (AvgIpc) is 3.05. The molecule has 0 bridgehead atoms. The maximum atomic E-state index is 13.1. The molecule has 3 aromatic rings. The Bertz CT molecular complexity index is 1110. The lowest BCUT2D eigenvalue weighted by molar-refractivity contribution is 0.100. The predicted molar refractivity (Wildman–Crippen MR) is 97.1 cm³/mol. The maximum Gasteiger partial charge on any atom is 0.264 e. The zero-order chi connectivity index (χ0) is 17.6. The highest BCUT2D eigenvalue weighted by Gasteiger charge is 2.31. The number of sulfonamides is 1. The van der Waals surface area contributed by atoms with Crippen LogP contribution >= 0.6 is 0 Å². The van der Waals surface area contributed by atoms with Gasteiger partial charge in [-0.05, 0) is 47.0 Å². The second-order valence-electron chi connectivity index (χ2n) is 6.04. The Kier molecular flexibility index (Phi) is 3.51. The Morgan fingerprint density at radius 3 is 2.48 bits per heavy atom. The molecule has 0 saturated carbocycles. The van der Waals surface area contributed by atoms with Gasteiger partial charge in [-0.1, -0.05) is 36.4 Å². The first kappa shape index (κ1) is 15.7. The largest absolute Gasteiger partial charge is 0.366 e. The number of hydrogen-bond donors (Lipinski definition) is 1. The molecule has 126 valence electrons. The molecule has 2 N–H and O–H groups in total. The highest BCUT2D eigenvalue weighted by molar-refractivity contribution is 7.92. The van der Waals surface area contributed by atoms with Crippen molar-refractivity contribution >= 4 is 32.4 Å². The van der Waals surface area contributed by atoms with Crippen molar-refractivity contribution in [2.75, 3.05) is 10.8 Å². The first-order chi connectivity index (χ1) is 12.0. The fraction of sp³-hybridized carbons (Fsp3) is 0.105. The fourth-order valence-electron chi connectivity index (χ4n) is 3.21. The van der Waals surface area contributed by atoms with Crippen molar-refractivity contribution in [1.82, 2.24) is 0 Å². The van der Waals surface area contributed by atoms with Crippen LogP contribution in [0.15, 0.2) is 65.6 Å². The van der Waals surface area contributed by atoms with Crippen LogP contribution < -0.4 is 10.0 Å². The third-order valence-electron chi connectivity index (χ3n) is 4.53. The number of benzene rings is 3. The minimum Gasteiger partial charge on any atom is -0.366 e. The number of hydrogen-bond acceptors (Lipinski definition) is 3. The van der Waals surface area contributed by atoms with Gasteiger partial charge in [-0.15, -0.1) is 0 Å². The number of rotatable bonds is 3. The van der Waals surface area contributed by atoms with Gasteiger partial charge in [-0.3, -0.25) is 9.10 Å². The summed E-state index contributed by atoms with van der Waals surface area (Å²) in [5.41, 5.74) is 7.06. The van der Waals surface area contributed by atoms with Gasteiger partial charge >= 0.3 is 0 Å². The Morgan fingerprint density at radius 1 is 0.960 bits per heavy atom. The van der Waals surface area contributed by atoms with Gasteiger partial charge in [0.05, 0.1) is 10.6 Å². The summed E-state index contributed by atoms with van der Waals surface area (Å²) >= 11 is 0. The summed E-state index contributed by atoms with van der Waals surface area (Å²) in [6.45, 7) is 0.354. The Morgan fingerprint density at radius 2 is 1.72 bits per heavy atom. The van der Waals surface area contributed by atoms with Crippen LogP contribution in [-0.4, -0.2) is 20.9 Å². The quantitative estimate of drug-likeness (QED) is 0.787. The van der Waals surface area contributed by atoms with Crippen molar-refractivity contribution in [3.63, 3.8) is 0 Å². The minimum absolute atomic E-state index is 0.239. The normalized spacial score (nSPS) is 13.8. The van der Waals surface area contributed by atoms with E-state index in [1.165, 1.54) is 4.31 Å². The van der Waals surface area contributed by atoms with Crippen LogP contribution in [0.5, 0.6) is 0 Å². The summed E-state index contributed by atoms with van der Waals surface area (Å²) in [7, 11) is -3.70. The van der Waals surface area contributed by atoms with Gasteiger partial charge in [0, 0.05) is 12.1 Å². The number of carbonyl (C=O) groups is 1. The van der Waals surface area contributed by atoms with E-state index in [-0.39, 0.29) is 4.90 Å². The van der Waals surface area contributed by atoms with Crippen LogP contribution in [-0.2, 0) is 16.4 Å². The molecule has 1 aliphatic heterocycles. The molecule has 0 unspecified atom stereocenters. The first-order valence-corrected chi connectivity index (χ1v) is 9.35. The molecule has 1 heterocycles. The van der Waals surface area contributed by atoms with Gasteiger partial charge in [0.2, 0.25) is 5.91 Å². The Labute approximate surface area is 145 Å². The number of amides is 1. The van der Waals surface area contributed by atoms with Crippen molar-refractivity contribution in [2.24, 2.45) is 5.73 Å². The molecule has 0 atom stereocenters. The minimum atomic E-state index is -3.70. The van der Waals surface area contributed by atoms with Crippen molar-refractivity contribution in [3.05, 3.63) is 71.8 Å². The molecule has 0 aliphatic carbocycles. The molecule has 1 aliphatic rings. The van der Waals surface area contributed by atoms with Crippen molar-refractivity contribution < 1.29 is 13.2 Å². The van der Waals surface area contributed by atoms with Crippen molar-refractivity contribution in [3.8, 4) is 0 Å². The number of nitrogens with zero attached hydrogens (tertiary/aromatic N) is 1. The molecule has 0 saturated heterocycles. The number of fused-ring (bicyclic) bond motifs is 2. The van der Waals surface area contributed by atoms with E-state index in [0.29, 0.717) is 24.2 Å². The van der Waals surface area contributed by atoms with E-state index in [2.05, 4.69) is 0 Å². The van der Waals surface area contributed by atoms with Gasteiger partial charge in [-0.2, -0.15) is 0 Å². The third-order valence-corrected chi connectivity index (χ3v) is 6.34. The summed E-state index contributed by atoms with van der Waals surface area (Å²) in [6.07, 6.45) is 0.612. The van der Waals surface area contributed by atoms with E-state index in [4.69, 9.17) is 5.73 Å². The van der Waals surface area contributed by atoms with Gasteiger partial charge < -0.3 is 5.73 Å². The molecule has 6 heteroatoms. The van der Waals surface area contributed by atoms with Crippen LogP contribution in [0, 0.1) is 0 Å². The summed E-state index contributed by atoms with van der Waals surface area (Å²) in [4.78, 5) is 11.7. The maximum absolute atomic E-state index is 13.1. The lowest BCUT2D eigenvalue weighted by Crippen LogP contribution is -2.29. The van der Waals surface area contributed by atoms with Crippen LogP contribution in [0.1, 0.15) is 15.9 Å². The topological polar surface area (TPSA) is 80.5 Å². The second kappa shape index (κ2) is 5.60. The molecule has 5 nitrogen and oxygen atoms in total. The standard InChI is InChI=1S/C19H16N2O3S/c20-19(22)16-6-5-14-9-10-21(18(14)12-16)25(23,24)17-8-7-13-3-1-2-4-15(13)11-17/h1-8,11-12H,9-10H2,(H2,20,22). The summed E-state index contributed by atoms with van der Waals surface area (Å²) in [5.74, 6) is -0.572. The van der Waals surface area contributed by atoms with Gasteiger partial charge in [0.1, 0.15) is 0 Å². The molecule has 0 aromatic heterocycles. The summed E-state index contributed by atoms with van der Waals surface area (Å²) in [5, 5.41) is 1.85. The van der Waals surface area contributed by atoms with E-state index in [1.807, 2.05) is 24.3 Å². The first-order valence-electron chi connectivity index (χ1n) is 7.91. The number of carbonyl (C=O) groups excluding carboxylic acids is 1. The van der Waals surface area contributed by atoms with Crippen LogP contribution in [0.2, 0.25) is 0 Å². The third kappa shape index (κ3) is 2.55. The highest BCUT2D eigenvalue weighted by atomic mass is 32.2. The van der Waals surface area contributed by atoms with Crippen LogP contribution in [0.4, 0.5) is 5.69 Å². The van der Waals surface area contributed by atoms with E-state index in [9.17, 15) is 13.2 Å². The van der Waals surface area contributed by atoms with Gasteiger partial charge in [-0.25, -0.2) is 8.42 Å². The van der Waals surface area contributed by atoms with E-state index < -0.39 is 15.9 Å². The average molecular weight is 352 g/mol. The predicted octanol–water partition coefficient (Wildman–Crippen LogP) is 2.69. The fourth-order valence-corrected chi connectivity index (χ4v) is 4.74. The zero-order valence-electron chi connectivity index (χ0n) is 13.3. The Balaban J connectivity index is 1.81. The SMILES string of the molecule is NC(=O)c1ccc2c(c1)N(S(=O)(=O)c1ccc3ccccc3c1)CC2. The molecule has 0 fully saturated rings. The second-order valence-corrected chi connectivity index (χ2v) is 7.91. The van der Waals surface area contributed by atoms with Gasteiger partial charge in [0.25, 0.3) is 10.0 Å². The molecule has 25 heavy (non-hydrogen) atoms. The van der Waals surface area contributed by atoms with E-state index >= 15 is 0 Å². The molecule has 0 radical (unpaired) electrons. The molecule has 0 spiro atoms. The Hall–Kier alpha value is -2.86. The number of primary amides is 1. The van der Waals surface area contributed by atoms with Crippen LogP contribution in [0.3, 0.4) is 0 Å². The van der Waals surface area contributed by atoms with E-state index in [1.54, 1.807) is 36.4 Å². The molecule has 1 amide bonds. The molecular formula is C19H16N2O3S. The van der Waals surface area contributed by atoms with Gasteiger partial charge in [0.15, 0.2) is 0 Å². The van der Waals surface area contributed by atoms with Crippen molar-refractivity contribution in [1.29, 1.82) is 0 Å². The lowest BCUT2D eigenvalue weighted by atomic mass is 10.1. The molecular weight excluding hydrogens is 336 g/mol. The number of anilines is 1. The van der Waals surface area contributed by atoms with Crippen LogP contribution in [0.25, 0.3) is 10.8 Å². The summed E-state index contributed by atoms with van der Waals surface area (Å²) < 4.78 is 27.6. The van der Waals surface area contributed by atoms with E-state index in [0.717, 1.165) is 16.3 Å². The monoisotopic (exact) mass is 352 g/mol. The zero-order valence-corrected chi connectivity index (χ0v) is 14.2. The highest BCUT2D eigenvalue weighted by Crippen LogP contribution is 2.34. The smallest absolute Gasteiger partial charge is 0.264 e. The molecule has 4 rings (SSSR count). The molecule has 3 aromatic carbocycles.